The molecule has 2 N–H and O–H groups in total. The highest BCUT2D eigenvalue weighted by Crippen LogP contribution is 2.23. The van der Waals surface area contributed by atoms with E-state index in [9.17, 15) is 0 Å². The maximum absolute atomic E-state index is 5.85. The fourth-order valence-corrected chi connectivity index (χ4v) is 1.83. The van der Waals surface area contributed by atoms with Gasteiger partial charge in [0.25, 0.3) is 0 Å². The number of nitrogens with two attached hydrogens (primary N) is 1. The Labute approximate surface area is 120 Å². The van der Waals surface area contributed by atoms with Crippen molar-refractivity contribution in [3.63, 3.8) is 0 Å². The standard InChI is InChI=1S/C16H21N3O/c1-4-9-20-13-7-5-12(6-8-13)14-10-15(17)19-16(18-14)11(2)3/h5-8,10-11H,4,9H2,1-3H3,(H2,17,18,19). The Bertz CT molecular complexity index is 564. The lowest BCUT2D eigenvalue weighted by Crippen LogP contribution is -2.02. The first-order valence-electron chi connectivity index (χ1n) is 6.98. The minimum absolute atomic E-state index is 0.254. The van der Waals surface area contributed by atoms with Crippen LogP contribution in [-0.2, 0) is 0 Å². The number of nitrogen functional groups attached to an aromatic ring is 1. The molecule has 20 heavy (non-hydrogen) atoms. The first kappa shape index (κ1) is 14.3. The molecule has 2 rings (SSSR count). The number of benzene rings is 1. The molecule has 4 nitrogen and oxygen atoms in total. The van der Waals surface area contributed by atoms with Crippen molar-refractivity contribution in [2.24, 2.45) is 0 Å². The summed E-state index contributed by atoms with van der Waals surface area (Å²) in [5, 5.41) is 0. The number of ether oxygens (including phenoxy) is 1. The van der Waals surface area contributed by atoms with E-state index in [1.807, 2.05) is 24.3 Å². The number of rotatable bonds is 5. The van der Waals surface area contributed by atoms with Crippen LogP contribution in [0.25, 0.3) is 11.3 Å². The summed E-state index contributed by atoms with van der Waals surface area (Å²) < 4.78 is 5.57. The second-order valence-corrected chi connectivity index (χ2v) is 5.06. The maximum Gasteiger partial charge on any atom is 0.133 e. The fourth-order valence-electron chi connectivity index (χ4n) is 1.83. The van der Waals surface area contributed by atoms with Crippen LogP contribution in [0.3, 0.4) is 0 Å². The summed E-state index contributed by atoms with van der Waals surface area (Å²) >= 11 is 0. The summed E-state index contributed by atoms with van der Waals surface area (Å²) in [6.45, 7) is 6.93. The van der Waals surface area contributed by atoms with Gasteiger partial charge in [-0.25, -0.2) is 9.97 Å². The summed E-state index contributed by atoms with van der Waals surface area (Å²) in [6, 6.07) is 9.71. The van der Waals surface area contributed by atoms with Crippen LogP contribution in [0.15, 0.2) is 30.3 Å². The largest absolute Gasteiger partial charge is 0.494 e. The Hall–Kier alpha value is -2.10. The van der Waals surface area contributed by atoms with Crippen LogP contribution < -0.4 is 10.5 Å². The molecular formula is C16H21N3O. The third kappa shape index (κ3) is 3.47. The van der Waals surface area contributed by atoms with E-state index in [0.29, 0.717) is 5.82 Å². The average molecular weight is 271 g/mol. The van der Waals surface area contributed by atoms with Gasteiger partial charge < -0.3 is 10.5 Å². The Balaban J connectivity index is 2.27. The van der Waals surface area contributed by atoms with Gasteiger partial charge in [-0.15, -0.1) is 0 Å². The summed E-state index contributed by atoms with van der Waals surface area (Å²) in [5.74, 6) is 2.41. The SMILES string of the molecule is CCCOc1ccc(-c2cc(N)nc(C(C)C)n2)cc1. The van der Waals surface area contributed by atoms with Crippen molar-refractivity contribution in [3.8, 4) is 17.0 Å². The van der Waals surface area contributed by atoms with Gasteiger partial charge in [-0.2, -0.15) is 0 Å². The van der Waals surface area contributed by atoms with Gasteiger partial charge in [-0.3, -0.25) is 0 Å². The zero-order chi connectivity index (χ0) is 14.5. The predicted molar refractivity (Wildman–Crippen MR) is 81.8 cm³/mol. The molecule has 2 aromatic rings. The summed E-state index contributed by atoms with van der Waals surface area (Å²) in [4.78, 5) is 8.82. The first-order valence-corrected chi connectivity index (χ1v) is 6.98. The molecule has 0 fully saturated rings. The number of nitrogens with zero attached hydrogens (tertiary/aromatic N) is 2. The van der Waals surface area contributed by atoms with Crippen molar-refractivity contribution in [3.05, 3.63) is 36.2 Å². The van der Waals surface area contributed by atoms with Crippen LogP contribution in [0.4, 0.5) is 5.82 Å². The summed E-state index contributed by atoms with van der Waals surface area (Å²) in [6.07, 6.45) is 1.00. The second-order valence-electron chi connectivity index (χ2n) is 5.06. The van der Waals surface area contributed by atoms with Crippen molar-refractivity contribution < 1.29 is 4.74 Å². The minimum Gasteiger partial charge on any atom is -0.494 e. The van der Waals surface area contributed by atoms with Crippen LogP contribution in [0.2, 0.25) is 0 Å². The molecule has 1 aromatic heterocycles. The van der Waals surface area contributed by atoms with Gasteiger partial charge in [-0.05, 0) is 30.7 Å². The Kier molecular flexibility index (Phi) is 4.56. The van der Waals surface area contributed by atoms with Gasteiger partial charge in [-0.1, -0.05) is 20.8 Å². The topological polar surface area (TPSA) is 61.0 Å². The second kappa shape index (κ2) is 6.37. The van der Waals surface area contributed by atoms with Crippen molar-refractivity contribution in [1.82, 2.24) is 9.97 Å². The first-order chi connectivity index (χ1) is 9.60. The summed E-state index contributed by atoms with van der Waals surface area (Å²) in [5.41, 5.74) is 7.72. The van der Waals surface area contributed by atoms with E-state index < -0.39 is 0 Å². The van der Waals surface area contributed by atoms with Gasteiger partial charge in [0.2, 0.25) is 0 Å². The predicted octanol–water partition coefficient (Wildman–Crippen LogP) is 3.64. The molecule has 1 aromatic carbocycles. The minimum atomic E-state index is 0.254. The molecule has 0 radical (unpaired) electrons. The Morgan fingerprint density at radius 2 is 1.85 bits per heavy atom. The van der Waals surface area contributed by atoms with Gasteiger partial charge >= 0.3 is 0 Å². The number of aromatic nitrogens is 2. The smallest absolute Gasteiger partial charge is 0.133 e. The summed E-state index contributed by atoms with van der Waals surface area (Å²) in [7, 11) is 0. The van der Waals surface area contributed by atoms with E-state index in [1.54, 1.807) is 6.07 Å². The van der Waals surface area contributed by atoms with Crippen molar-refractivity contribution in [1.29, 1.82) is 0 Å². The van der Waals surface area contributed by atoms with E-state index in [1.165, 1.54) is 0 Å². The third-order valence-corrected chi connectivity index (χ3v) is 2.90. The van der Waals surface area contributed by atoms with Crippen LogP contribution in [0, 0.1) is 0 Å². The van der Waals surface area contributed by atoms with Crippen LogP contribution in [0.1, 0.15) is 38.9 Å². The molecular weight excluding hydrogens is 250 g/mol. The number of anilines is 1. The quantitative estimate of drug-likeness (QED) is 0.902. The van der Waals surface area contributed by atoms with Crippen molar-refractivity contribution in [2.75, 3.05) is 12.3 Å². The van der Waals surface area contributed by atoms with E-state index in [2.05, 4.69) is 30.7 Å². The molecule has 0 spiro atoms. The monoisotopic (exact) mass is 271 g/mol. The van der Waals surface area contributed by atoms with Crippen molar-refractivity contribution >= 4 is 5.82 Å². The molecule has 0 saturated carbocycles. The molecule has 0 unspecified atom stereocenters. The Morgan fingerprint density at radius 1 is 1.15 bits per heavy atom. The zero-order valence-corrected chi connectivity index (χ0v) is 12.3. The lowest BCUT2D eigenvalue weighted by molar-refractivity contribution is 0.317. The number of hydrogen-bond donors (Lipinski definition) is 1. The van der Waals surface area contributed by atoms with Crippen LogP contribution >= 0.6 is 0 Å². The number of hydrogen-bond acceptors (Lipinski definition) is 4. The fraction of sp³-hybridized carbons (Fsp3) is 0.375. The molecule has 0 amide bonds. The lowest BCUT2D eigenvalue weighted by Gasteiger charge is -2.09. The molecule has 0 atom stereocenters. The third-order valence-electron chi connectivity index (χ3n) is 2.90. The van der Waals surface area contributed by atoms with Crippen LogP contribution in [-0.4, -0.2) is 16.6 Å². The van der Waals surface area contributed by atoms with E-state index in [0.717, 1.165) is 35.9 Å². The highest BCUT2D eigenvalue weighted by Gasteiger charge is 2.08. The molecule has 0 saturated heterocycles. The zero-order valence-electron chi connectivity index (χ0n) is 12.3. The van der Waals surface area contributed by atoms with Crippen LogP contribution in [0.5, 0.6) is 5.75 Å². The van der Waals surface area contributed by atoms with E-state index in [4.69, 9.17) is 10.5 Å². The molecule has 0 aliphatic rings. The van der Waals surface area contributed by atoms with Gasteiger partial charge in [0.1, 0.15) is 17.4 Å². The Morgan fingerprint density at radius 3 is 2.45 bits per heavy atom. The normalized spacial score (nSPS) is 10.8. The molecule has 0 aliphatic carbocycles. The molecule has 0 aliphatic heterocycles. The van der Waals surface area contributed by atoms with E-state index >= 15 is 0 Å². The lowest BCUT2D eigenvalue weighted by atomic mass is 10.1. The maximum atomic E-state index is 5.85. The van der Waals surface area contributed by atoms with Crippen molar-refractivity contribution in [2.45, 2.75) is 33.1 Å². The van der Waals surface area contributed by atoms with Gasteiger partial charge in [0.05, 0.1) is 12.3 Å². The van der Waals surface area contributed by atoms with E-state index in [-0.39, 0.29) is 5.92 Å². The molecule has 0 bridgehead atoms. The average Bonchev–Trinajstić information content (AvgIpc) is 2.45. The molecule has 1 heterocycles. The molecule has 106 valence electrons. The highest BCUT2D eigenvalue weighted by atomic mass is 16.5. The van der Waals surface area contributed by atoms with Gasteiger partial charge in [0.15, 0.2) is 0 Å². The van der Waals surface area contributed by atoms with Gasteiger partial charge in [0, 0.05) is 17.5 Å². The highest BCUT2D eigenvalue weighted by molar-refractivity contribution is 5.62. The molecule has 4 heteroatoms.